The summed E-state index contributed by atoms with van der Waals surface area (Å²) in [4.78, 5) is 27.5. The molecule has 2 fully saturated rings. The van der Waals surface area contributed by atoms with Gasteiger partial charge in [-0.2, -0.15) is 0 Å². The molecule has 1 spiro atoms. The number of benzene rings is 1. The van der Waals surface area contributed by atoms with Gasteiger partial charge in [0.25, 0.3) is 5.91 Å². The number of carbonyl (C=O) groups is 2. The third-order valence-electron chi connectivity index (χ3n) is 6.80. The van der Waals surface area contributed by atoms with Gasteiger partial charge in [-0.3, -0.25) is 19.7 Å². The molecular formula is C22H32FN3O3. The lowest BCUT2D eigenvalue weighted by molar-refractivity contribution is -0.133. The maximum absolute atomic E-state index is 14.3. The second-order valence-corrected chi connectivity index (χ2v) is 8.33. The maximum atomic E-state index is 14.3. The monoisotopic (exact) mass is 405 g/mol. The van der Waals surface area contributed by atoms with E-state index in [4.69, 9.17) is 5.21 Å². The van der Waals surface area contributed by atoms with Gasteiger partial charge in [0, 0.05) is 44.7 Å². The van der Waals surface area contributed by atoms with Gasteiger partial charge in [-0.05, 0) is 60.8 Å². The van der Waals surface area contributed by atoms with Gasteiger partial charge in [0.2, 0.25) is 5.91 Å². The van der Waals surface area contributed by atoms with Gasteiger partial charge in [-0.1, -0.05) is 13.8 Å². The summed E-state index contributed by atoms with van der Waals surface area (Å²) in [6.45, 7) is 8.82. The van der Waals surface area contributed by atoms with Crippen LogP contribution < -0.4 is 5.48 Å². The van der Waals surface area contributed by atoms with Crippen molar-refractivity contribution in [2.24, 2.45) is 5.41 Å². The molecule has 0 radical (unpaired) electrons. The maximum Gasteiger partial charge on any atom is 0.274 e. The molecule has 2 heterocycles. The van der Waals surface area contributed by atoms with Crippen molar-refractivity contribution >= 4 is 11.8 Å². The number of piperidine rings is 1. The second kappa shape index (κ2) is 8.79. The van der Waals surface area contributed by atoms with E-state index in [1.807, 2.05) is 18.7 Å². The number of likely N-dealkylation sites (tertiary alicyclic amines) is 1. The van der Waals surface area contributed by atoms with Crippen molar-refractivity contribution in [3.63, 3.8) is 0 Å². The molecular weight excluding hydrogens is 373 g/mol. The number of halogens is 1. The topological polar surface area (TPSA) is 72.9 Å². The smallest absolute Gasteiger partial charge is 0.274 e. The molecule has 1 saturated heterocycles. The molecule has 0 unspecified atom stereocenters. The van der Waals surface area contributed by atoms with Crippen LogP contribution in [0.4, 0.5) is 4.39 Å². The number of hydroxylamine groups is 1. The fraction of sp³-hybridized carbons (Fsp3) is 0.636. The molecule has 4 rings (SSSR count). The zero-order valence-corrected chi connectivity index (χ0v) is 17.6. The summed E-state index contributed by atoms with van der Waals surface area (Å²) < 4.78 is 14.3. The van der Waals surface area contributed by atoms with E-state index in [9.17, 15) is 14.0 Å². The lowest BCUT2D eigenvalue weighted by Gasteiger charge is -2.56. The molecule has 6 nitrogen and oxygen atoms in total. The van der Waals surface area contributed by atoms with Crippen LogP contribution in [-0.4, -0.2) is 52.5 Å². The first-order chi connectivity index (χ1) is 13.9. The number of amides is 2. The minimum Gasteiger partial charge on any atom is -0.343 e. The Morgan fingerprint density at radius 3 is 2.41 bits per heavy atom. The van der Waals surface area contributed by atoms with Crippen molar-refractivity contribution in [1.29, 1.82) is 0 Å². The number of nitrogens with one attached hydrogen (secondary N) is 1. The fourth-order valence-electron chi connectivity index (χ4n) is 5.08. The summed E-state index contributed by atoms with van der Waals surface area (Å²) >= 11 is 0. The van der Waals surface area contributed by atoms with E-state index in [1.54, 1.807) is 18.5 Å². The Hall–Kier alpha value is -1.99. The zero-order valence-electron chi connectivity index (χ0n) is 17.6. The van der Waals surface area contributed by atoms with E-state index in [0.29, 0.717) is 30.0 Å². The standard InChI is InChI=1S/C20H26FN3O3.C2H6/c1-13(25)23-6-3-20(4-7-23)10-16(11-20)24-5-2-17-15(12-24)8-14(9-18(17)21)19(26)22-27;1-2/h8-9,16,27H,2-7,10-12H2,1H3,(H,22,26);1-2H3. The molecule has 1 aromatic carbocycles. The highest BCUT2D eigenvalue weighted by Crippen LogP contribution is 2.51. The van der Waals surface area contributed by atoms with Crippen LogP contribution in [-0.2, 0) is 17.8 Å². The molecule has 3 aliphatic rings. The van der Waals surface area contributed by atoms with E-state index in [0.717, 1.165) is 50.9 Å². The second-order valence-electron chi connectivity index (χ2n) is 8.33. The summed E-state index contributed by atoms with van der Waals surface area (Å²) in [6, 6.07) is 3.37. The molecule has 2 N–H and O–H groups in total. The van der Waals surface area contributed by atoms with Gasteiger partial charge in [0.1, 0.15) is 5.82 Å². The molecule has 1 saturated carbocycles. The van der Waals surface area contributed by atoms with Gasteiger partial charge < -0.3 is 4.90 Å². The third-order valence-corrected chi connectivity index (χ3v) is 6.80. The van der Waals surface area contributed by atoms with Crippen LogP contribution in [0.5, 0.6) is 0 Å². The van der Waals surface area contributed by atoms with Crippen molar-refractivity contribution < 1.29 is 19.2 Å². The average Bonchev–Trinajstić information content (AvgIpc) is 2.72. The molecule has 1 aromatic rings. The minimum absolute atomic E-state index is 0.150. The van der Waals surface area contributed by atoms with Crippen LogP contribution in [0.3, 0.4) is 0 Å². The molecule has 0 aromatic heterocycles. The van der Waals surface area contributed by atoms with Crippen molar-refractivity contribution in [3.05, 3.63) is 34.6 Å². The molecule has 29 heavy (non-hydrogen) atoms. The molecule has 2 aliphatic heterocycles. The first kappa shape index (κ1) is 21.7. The molecule has 7 heteroatoms. The number of fused-ring (bicyclic) bond motifs is 1. The number of rotatable bonds is 2. The average molecular weight is 406 g/mol. The lowest BCUT2D eigenvalue weighted by Crippen LogP contribution is -2.56. The van der Waals surface area contributed by atoms with Crippen LogP contribution in [0, 0.1) is 11.2 Å². The Kier molecular flexibility index (Phi) is 6.58. The van der Waals surface area contributed by atoms with E-state index in [2.05, 4.69) is 4.90 Å². The van der Waals surface area contributed by atoms with E-state index in [-0.39, 0.29) is 17.3 Å². The van der Waals surface area contributed by atoms with Crippen LogP contribution in [0.2, 0.25) is 0 Å². The summed E-state index contributed by atoms with van der Waals surface area (Å²) in [6.07, 6.45) is 5.05. The predicted molar refractivity (Wildman–Crippen MR) is 108 cm³/mol. The van der Waals surface area contributed by atoms with Gasteiger partial charge >= 0.3 is 0 Å². The van der Waals surface area contributed by atoms with Gasteiger partial charge in [0.05, 0.1) is 0 Å². The van der Waals surface area contributed by atoms with Crippen LogP contribution in [0.1, 0.15) is 67.9 Å². The van der Waals surface area contributed by atoms with Crippen LogP contribution >= 0.6 is 0 Å². The predicted octanol–water partition coefficient (Wildman–Crippen LogP) is 3.12. The molecule has 0 atom stereocenters. The molecule has 1 aliphatic carbocycles. The highest BCUT2D eigenvalue weighted by molar-refractivity contribution is 5.93. The van der Waals surface area contributed by atoms with Crippen molar-refractivity contribution in [3.8, 4) is 0 Å². The number of carbonyl (C=O) groups excluding carboxylic acids is 2. The van der Waals surface area contributed by atoms with Crippen molar-refractivity contribution in [2.45, 2.75) is 65.5 Å². The summed E-state index contributed by atoms with van der Waals surface area (Å²) in [7, 11) is 0. The third kappa shape index (κ3) is 4.31. The number of nitrogens with zero attached hydrogens (tertiary/aromatic N) is 2. The van der Waals surface area contributed by atoms with Crippen molar-refractivity contribution in [2.75, 3.05) is 19.6 Å². The number of hydrogen-bond acceptors (Lipinski definition) is 4. The first-order valence-corrected chi connectivity index (χ1v) is 10.7. The summed E-state index contributed by atoms with van der Waals surface area (Å²) in [5.74, 6) is -0.890. The van der Waals surface area contributed by atoms with Gasteiger partial charge in [-0.25, -0.2) is 9.87 Å². The quantitative estimate of drug-likeness (QED) is 0.586. The van der Waals surface area contributed by atoms with Gasteiger partial charge in [0.15, 0.2) is 0 Å². The Bertz CT molecular complexity index is 767. The van der Waals surface area contributed by atoms with E-state index in [1.165, 1.54) is 6.07 Å². The van der Waals surface area contributed by atoms with E-state index >= 15 is 0 Å². The van der Waals surface area contributed by atoms with Gasteiger partial charge in [-0.15, -0.1) is 0 Å². The molecule has 160 valence electrons. The summed E-state index contributed by atoms with van der Waals surface area (Å²) in [5.41, 5.74) is 3.61. The van der Waals surface area contributed by atoms with Crippen LogP contribution in [0.15, 0.2) is 12.1 Å². The Balaban J connectivity index is 0.00000117. The summed E-state index contributed by atoms with van der Waals surface area (Å²) in [5, 5.41) is 8.81. The van der Waals surface area contributed by atoms with E-state index < -0.39 is 5.91 Å². The largest absolute Gasteiger partial charge is 0.343 e. The SMILES string of the molecule is CC.CC(=O)N1CCC2(CC1)CC(N1CCc3c(F)cc(C(=O)NO)cc3C1)C2. The van der Waals surface area contributed by atoms with Crippen LogP contribution in [0.25, 0.3) is 0 Å². The highest BCUT2D eigenvalue weighted by atomic mass is 19.1. The first-order valence-electron chi connectivity index (χ1n) is 10.7. The Morgan fingerprint density at radius 2 is 1.83 bits per heavy atom. The lowest BCUT2D eigenvalue weighted by atomic mass is 9.59. The number of hydrogen-bond donors (Lipinski definition) is 2. The fourth-order valence-corrected chi connectivity index (χ4v) is 5.08. The van der Waals surface area contributed by atoms with Crippen molar-refractivity contribution in [1.82, 2.24) is 15.3 Å². The highest BCUT2D eigenvalue weighted by Gasteiger charge is 2.48. The Morgan fingerprint density at radius 1 is 1.17 bits per heavy atom. The zero-order chi connectivity index (χ0) is 21.2. The minimum atomic E-state index is -0.686. The molecule has 0 bridgehead atoms. The normalized spacial score (nSPS) is 20.9. The molecule has 2 amide bonds. The Labute approximate surface area is 172 Å².